The maximum atomic E-state index is 12.9. The lowest BCUT2D eigenvalue weighted by Crippen LogP contribution is -2.14. The van der Waals surface area contributed by atoms with Gasteiger partial charge in [0.25, 0.3) is 5.91 Å². The molecule has 0 saturated heterocycles. The zero-order chi connectivity index (χ0) is 18.0. The summed E-state index contributed by atoms with van der Waals surface area (Å²) in [6.45, 7) is 0. The van der Waals surface area contributed by atoms with Gasteiger partial charge in [0.05, 0.1) is 10.6 Å². The van der Waals surface area contributed by atoms with Crippen LogP contribution in [0.15, 0.2) is 53.9 Å². The molecule has 126 valence electrons. The van der Waals surface area contributed by atoms with Crippen LogP contribution >= 0.6 is 22.9 Å². The Morgan fingerprint density at radius 1 is 1.04 bits per heavy atom. The van der Waals surface area contributed by atoms with E-state index in [0.29, 0.717) is 15.5 Å². The molecule has 0 bridgehead atoms. The number of amides is 1. The Bertz CT molecular complexity index is 936. The van der Waals surface area contributed by atoms with Crippen LogP contribution in [0.25, 0.3) is 10.4 Å². The number of carbonyl (C=O) groups excluding carboxylic acids is 1. The highest BCUT2D eigenvalue weighted by atomic mass is 35.5. The number of anilines is 1. The molecule has 1 aromatic heterocycles. The minimum absolute atomic E-state index is 0.00258. The van der Waals surface area contributed by atoms with Crippen LogP contribution < -0.4 is 5.32 Å². The molecule has 0 aliphatic rings. The van der Waals surface area contributed by atoms with E-state index in [-0.39, 0.29) is 16.8 Å². The van der Waals surface area contributed by atoms with Gasteiger partial charge < -0.3 is 10.4 Å². The first-order chi connectivity index (χ1) is 12.0. The van der Waals surface area contributed by atoms with Crippen LogP contribution in [0.2, 0.25) is 5.02 Å². The molecule has 1 heterocycles. The second-order valence-corrected chi connectivity index (χ2v) is 6.44. The second-order valence-electron chi connectivity index (χ2n) is 5.13. The van der Waals surface area contributed by atoms with Crippen LogP contribution in [-0.4, -0.2) is 17.0 Å². The second kappa shape index (κ2) is 7.04. The first-order valence-electron chi connectivity index (χ1n) is 7.13. The fraction of sp³-hybridized carbons (Fsp3) is 0. The minimum atomic E-state index is -1.15. The standard InChI is InChI=1S/C18H11ClFNO3S/c19-12-5-1-10(2-6-12)16-15(18(23)24)14(9-25-16)21-17(22)11-3-7-13(20)8-4-11/h1-9H,(H,21,22)(H,23,24). The summed E-state index contributed by atoms with van der Waals surface area (Å²) in [5, 5.41) is 14.2. The van der Waals surface area contributed by atoms with E-state index in [4.69, 9.17) is 11.6 Å². The summed E-state index contributed by atoms with van der Waals surface area (Å²) in [5.41, 5.74) is 1.12. The third kappa shape index (κ3) is 3.70. The fourth-order valence-corrected chi connectivity index (χ4v) is 3.40. The van der Waals surface area contributed by atoms with Crippen molar-refractivity contribution in [3.63, 3.8) is 0 Å². The van der Waals surface area contributed by atoms with E-state index < -0.39 is 17.7 Å². The Morgan fingerprint density at radius 2 is 1.68 bits per heavy atom. The van der Waals surface area contributed by atoms with Crippen LogP contribution in [-0.2, 0) is 0 Å². The monoisotopic (exact) mass is 375 g/mol. The molecule has 2 N–H and O–H groups in total. The fourth-order valence-electron chi connectivity index (χ4n) is 2.27. The molecule has 0 saturated carbocycles. The Morgan fingerprint density at radius 3 is 2.28 bits per heavy atom. The SMILES string of the molecule is O=C(Nc1csc(-c2ccc(Cl)cc2)c1C(=O)O)c1ccc(F)cc1. The van der Waals surface area contributed by atoms with Gasteiger partial charge in [-0.2, -0.15) is 0 Å². The predicted molar refractivity (Wildman–Crippen MR) is 96.1 cm³/mol. The average molecular weight is 376 g/mol. The molecular formula is C18H11ClFNO3S. The van der Waals surface area contributed by atoms with Gasteiger partial charge in [-0.1, -0.05) is 23.7 Å². The number of carboxylic acids is 1. The normalized spacial score (nSPS) is 10.5. The lowest BCUT2D eigenvalue weighted by atomic mass is 10.1. The largest absolute Gasteiger partial charge is 0.478 e. The Kier molecular flexibility index (Phi) is 4.83. The Balaban J connectivity index is 1.94. The molecule has 1 amide bonds. The molecule has 0 radical (unpaired) electrons. The van der Waals surface area contributed by atoms with Gasteiger partial charge in [-0.25, -0.2) is 9.18 Å². The molecule has 2 aromatic carbocycles. The third-order valence-electron chi connectivity index (χ3n) is 3.47. The molecule has 0 fully saturated rings. The lowest BCUT2D eigenvalue weighted by molar-refractivity contribution is 0.0699. The summed E-state index contributed by atoms with van der Waals surface area (Å²) >= 11 is 7.06. The maximum Gasteiger partial charge on any atom is 0.339 e. The number of hydrogen-bond donors (Lipinski definition) is 2. The quantitative estimate of drug-likeness (QED) is 0.662. The van der Waals surface area contributed by atoms with Gasteiger partial charge in [0.1, 0.15) is 11.4 Å². The van der Waals surface area contributed by atoms with Gasteiger partial charge >= 0.3 is 5.97 Å². The van der Waals surface area contributed by atoms with Crippen molar-refractivity contribution < 1.29 is 19.1 Å². The molecule has 0 unspecified atom stereocenters. The smallest absolute Gasteiger partial charge is 0.339 e. The number of rotatable bonds is 4. The van der Waals surface area contributed by atoms with Crippen molar-refractivity contribution in [3.05, 3.63) is 75.9 Å². The molecule has 0 spiro atoms. The van der Waals surface area contributed by atoms with E-state index in [9.17, 15) is 19.1 Å². The summed E-state index contributed by atoms with van der Waals surface area (Å²) in [4.78, 5) is 24.5. The highest BCUT2D eigenvalue weighted by molar-refractivity contribution is 7.14. The number of aromatic carboxylic acids is 1. The van der Waals surface area contributed by atoms with Crippen LogP contribution in [0.3, 0.4) is 0 Å². The van der Waals surface area contributed by atoms with Crippen molar-refractivity contribution in [1.29, 1.82) is 0 Å². The van der Waals surface area contributed by atoms with Crippen LogP contribution in [0, 0.1) is 5.82 Å². The molecule has 0 aliphatic heterocycles. The number of halogens is 2. The summed E-state index contributed by atoms with van der Waals surface area (Å²) in [6.07, 6.45) is 0. The van der Waals surface area contributed by atoms with Crippen molar-refractivity contribution in [3.8, 4) is 10.4 Å². The van der Waals surface area contributed by atoms with E-state index in [1.54, 1.807) is 29.6 Å². The number of benzene rings is 2. The zero-order valence-electron chi connectivity index (χ0n) is 12.6. The maximum absolute atomic E-state index is 12.9. The molecule has 4 nitrogen and oxygen atoms in total. The van der Waals surface area contributed by atoms with Crippen molar-refractivity contribution in [2.75, 3.05) is 5.32 Å². The van der Waals surface area contributed by atoms with Crippen molar-refractivity contribution >= 4 is 40.5 Å². The number of carbonyl (C=O) groups is 2. The lowest BCUT2D eigenvalue weighted by Gasteiger charge is -2.06. The molecule has 0 atom stereocenters. The van der Waals surface area contributed by atoms with Crippen molar-refractivity contribution in [2.45, 2.75) is 0 Å². The Hall–Kier alpha value is -2.70. The Labute approximate surface area is 151 Å². The number of hydrogen-bond acceptors (Lipinski definition) is 3. The first kappa shape index (κ1) is 17.1. The summed E-state index contributed by atoms with van der Waals surface area (Å²) < 4.78 is 12.9. The molecule has 3 aromatic rings. The van der Waals surface area contributed by atoms with Gasteiger partial charge in [-0.3, -0.25) is 4.79 Å². The van der Waals surface area contributed by atoms with Gasteiger partial charge in [-0.15, -0.1) is 11.3 Å². The molecule has 0 aliphatic carbocycles. The molecular weight excluding hydrogens is 365 g/mol. The molecule has 25 heavy (non-hydrogen) atoms. The van der Waals surface area contributed by atoms with E-state index in [1.165, 1.54) is 35.6 Å². The highest BCUT2D eigenvalue weighted by Crippen LogP contribution is 2.36. The zero-order valence-corrected chi connectivity index (χ0v) is 14.2. The van der Waals surface area contributed by atoms with E-state index >= 15 is 0 Å². The first-order valence-corrected chi connectivity index (χ1v) is 8.39. The van der Waals surface area contributed by atoms with E-state index in [1.807, 2.05) is 0 Å². The average Bonchev–Trinajstić information content (AvgIpc) is 3.00. The van der Waals surface area contributed by atoms with Crippen LogP contribution in [0.4, 0.5) is 10.1 Å². The van der Waals surface area contributed by atoms with Crippen molar-refractivity contribution in [2.24, 2.45) is 0 Å². The minimum Gasteiger partial charge on any atom is -0.478 e. The van der Waals surface area contributed by atoms with E-state index in [2.05, 4.69) is 5.32 Å². The molecule has 3 rings (SSSR count). The van der Waals surface area contributed by atoms with Gasteiger partial charge in [0.15, 0.2) is 0 Å². The summed E-state index contributed by atoms with van der Waals surface area (Å²) in [7, 11) is 0. The number of nitrogens with one attached hydrogen (secondary N) is 1. The number of thiophene rings is 1. The molecule has 7 heteroatoms. The van der Waals surface area contributed by atoms with Crippen LogP contribution in [0.5, 0.6) is 0 Å². The summed E-state index contributed by atoms with van der Waals surface area (Å²) in [6, 6.07) is 11.8. The van der Waals surface area contributed by atoms with Gasteiger partial charge in [0.2, 0.25) is 0 Å². The topological polar surface area (TPSA) is 66.4 Å². The van der Waals surface area contributed by atoms with Gasteiger partial charge in [0, 0.05) is 16.0 Å². The highest BCUT2D eigenvalue weighted by Gasteiger charge is 2.21. The van der Waals surface area contributed by atoms with E-state index in [0.717, 1.165) is 0 Å². The van der Waals surface area contributed by atoms with Crippen molar-refractivity contribution in [1.82, 2.24) is 0 Å². The predicted octanol–water partition coefficient (Wildman–Crippen LogP) is 5.16. The third-order valence-corrected chi connectivity index (χ3v) is 4.75. The number of carboxylic acid groups (broad SMARTS) is 1. The summed E-state index contributed by atoms with van der Waals surface area (Å²) in [5.74, 6) is -2.12. The van der Waals surface area contributed by atoms with Crippen LogP contribution in [0.1, 0.15) is 20.7 Å². The van der Waals surface area contributed by atoms with Gasteiger partial charge in [-0.05, 0) is 42.0 Å².